The summed E-state index contributed by atoms with van der Waals surface area (Å²) in [4.78, 5) is 52.0. The number of hydrogen-bond donors (Lipinski definition) is 5. The van der Waals surface area contributed by atoms with Crippen LogP contribution in [0.1, 0.15) is 32.7 Å². The molecule has 10 nitrogen and oxygen atoms in total. The van der Waals surface area contributed by atoms with E-state index in [1.54, 1.807) is 14.1 Å². The van der Waals surface area contributed by atoms with Crippen molar-refractivity contribution in [3.8, 4) is 16.9 Å². The van der Waals surface area contributed by atoms with Gasteiger partial charge in [-0.3, -0.25) is 24.1 Å². The Morgan fingerprint density at radius 1 is 1.15 bits per heavy atom. The number of carbonyl (C=O) groups is 4. The first-order chi connectivity index (χ1) is 18.3. The molecule has 0 fully saturated rings. The topological polar surface area (TPSA) is 178 Å². The predicted octanol–water partition coefficient (Wildman–Crippen LogP) is 1.74. The first-order valence-electron chi connectivity index (χ1n) is 12.1. The number of allylic oxidation sites excluding steroid dienone is 1. The Balaban J connectivity index is 1.72. The van der Waals surface area contributed by atoms with Crippen molar-refractivity contribution in [2.75, 3.05) is 14.1 Å². The number of rotatable bonds is 4. The third-order valence-electron chi connectivity index (χ3n) is 8.04. The highest BCUT2D eigenvalue weighted by Gasteiger charge is 2.63. The van der Waals surface area contributed by atoms with Crippen LogP contribution >= 0.6 is 0 Å². The van der Waals surface area contributed by atoms with Crippen LogP contribution in [0.25, 0.3) is 11.1 Å². The van der Waals surface area contributed by atoms with E-state index in [0.29, 0.717) is 23.0 Å². The van der Waals surface area contributed by atoms with Crippen LogP contribution in [-0.4, -0.2) is 74.8 Å². The summed E-state index contributed by atoms with van der Waals surface area (Å²) in [5.41, 5.74) is 2.30. The lowest BCUT2D eigenvalue weighted by Gasteiger charge is -2.50. The molecule has 0 spiro atoms. The molecule has 0 aromatic heterocycles. The number of likely N-dealkylation sites (N-methyl/N-ethyl adjacent to an activating group) is 1. The molecule has 0 saturated heterocycles. The Bertz CT molecular complexity index is 1560. The largest absolute Gasteiger partial charge is 0.510 e. The molecule has 202 valence electrons. The minimum Gasteiger partial charge on any atom is -0.510 e. The quantitative estimate of drug-likeness (QED) is 0.287. The van der Waals surface area contributed by atoms with Crippen LogP contribution in [0, 0.1) is 17.7 Å². The highest BCUT2D eigenvalue weighted by atomic mass is 19.1. The molecule has 0 radical (unpaired) electrons. The van der Waals surface area contributed by atoms with Crippen LogP contribution in [0.3, 0.4) is 0 Å². The van der Waals surface area contributed by atoms with Gasteiger partial charge in [-0.2, -0.15) is 0 Å². The van der Waals surface area contributed by atoms with E-state index in [0.717, 1.165) is 6.07 Å². The van der Waals surface area contributed by atoms with Crippen LogP contribution < -0.4 is 5.73 Å². The van der Waals surface area contributed by atoms with Gasteiger partial charge in [0.25, 0.3) is 5.91 Å². The molecule has 2 aromatic carbocycles. The SMILES string of the molecule is CN(C)[C@@H]1C(O)=C(C(N)=O)C(=O)[C@]2(O)C(O)=C3C(=O)c4c(O)ccc(-c5ccc(F)c(C=O)c5)c4C[C@H]3C[C@@H]12. The average molecular weight is 537 g/mol. The van der Waals surface area contributed by atoms with Gasteiger partial charge in [0.1, 0.15) is 28.7 Å². The first kappa shape index (κ1) is 26.3. The van der Waals surface area contributed by atoms with Gasteiger partial charge < -0.3 is 26.2 Å². The Kier molecular flexibility index (Phi) is 5.96. The van der Waals surface area contributed by atoms with Crippen LogP contribution in [0.5, 0.6) is 5.75 Å². The zero-order chi connectivity index (χ0) is 28.5. The number of benzene rings is 2. The van der Waals surface area contributed by atoms with Gasteiger partial charge in [-0.15, -0.1) is 0 Å². The molecule has 5 rings (SSSR count). The molecule has 0 aliphatic heterocycles. The summed E-state index contributed by atoms with van der Waals surface area (Å²) in [6.07, 6.45) is 0.357. The number of primary amides is 1. The van der Waals surface area contributed by atoms with Crippen molar-refractivity contribution in [1.82, 2.24) is 4.90 Å². The predicted molar refractivity (Wildman–Crippen MR) is 134 cm³/mol. The molecule has 4 atom stereocenters. The van der Waals surface area contributed by atoms with E-state index in [1.165, 1.54) is 29.2 Å². The molecule has 39 heavy (non-hydrogen) atoms. The molecule has 3 aliphatic rings. The van der Waals surface area contributed by atoms with E-state index in [-0.39, 0.29) is 29.5 Å². The number of ketones is 2. The van der Waals surface area contributed by atoms with Crippen molar-refractivity contribution in [2.45, 2.75) is 24.5 Å². The molecule has 6 N–H and O–H groups in total. The van der Waals surface area contributed by atoms with Gasteiger partial charge in [0, 0.05) is 11.5 Å². The van der Waals surface area contributed by atoms with Gasteiger partial charge in [-0.1, -0.05) is 12.1 Å². The Labute approximate surface area is 221 Å². The molecule has 0 heterocycles. The Morgan fingerprint density at radius 2 is 1.85 bits per heavy atom. The third-order valence-corrected chi connectivity index (χ3v) is 8.04. The zero-order valence-electron chi connectivity index (χ0n) is 20.9. The van der Waals surface area contributed by atoms with E-state index in [4.69, 9.17) is 5.73 Å². The summed E-state index contributed by atoms with van der Waals surface area (Å²) in [6.45, 7) is 0. The molecular weight excluding hydrogens is 511 g/mol. The second-order valence-corrected chi connectivity index (χ2v) is 10.3. The summed E-state index contributed by atoms with van der Waals surface area (Å²) in [6, 6.07) is 5.52. The minimum absolute atomic E-state index is 0.0616. The normalized spacial score (nSPS) is 26.3. The number of carbonyl (C=O) groups excluding carboxylic acids is 4. The number of aromatic hydroxyl groups is 1. The van der Waals surface area contributed by atoms with Crippen molar-refractivity contribution < 1.29 is 44.0 Å². The second kappa shape index (κ2) is 8.85. The van der Waals surface area contributed by atoms with Gasteiger partial charge >= 0.3 is 0 Å². The third kappa shape index (κ3) is 3.53. The van der Waals surface area contributed by atoms with Crippen molar-refractivity contribution in [2.24, 2.45) is 17.6 Å². The number of hydrogen-bond acceptors (Lipinski definition) is 9. The summed E-state index contributed by atoms with van der Waals surface area (Å²) >= 11 is 0. The van der Waals surface area contributed by atoms with Gasteiger partial charge in [-0.25, -0.2) is 4.39 Å². The number of nitrogens with two attached hydrogens (primary N) is 1. The molecule has 11 heteroatoms. The number of aliphatic hydroxyl groups excluding tert-OH is 2. The number of Topliss-reactive ketones (excluding diaryl/α,β-unsaturated/α-hetero) is 2. The molecule has 0 bridgehead atoms. The number of phenols is 1. The zero-order valence-corrected chi connectivity index (χ0v) is 20.9. The fourth-order valence-electron chi connectivity index (χ4n) is 6.32. The second-order valence-electron chi connectivity index (χ2n) is 10.3. The van der Waals surface area contributed by atoms with Crippen molar-refractivity contribution in [1.29, 1.82) is 0 Å². The molecule has 3 aliphatic carbocycles. The van der Waals surface area contributed by atoms with E-state index in [9.17, 15) is 44.0 Å². The number of halogens is 1. The number of fused-ring (bicyclic) bond motifs is 3. The van der Waals surface area contributed by atoms with Crippen LogP contribution in [0.15, 0.2) is 53.0 Å². The fourth-order valence-corrected chi connectivity index (χ4v) is 6.32. The van der Waals surface area contributed by atoms with Crippen LogP contribution in [0.4, 0.5) is 4.39 Å². The van der Waals surface area contributed by atoms with Gasteiger partial charge in [-0.05, 0) is 67.7 Å². The number of nitrogens with zero attached hydrogens (tertiary/aromatic N) is 1. The van der Waals surface area contributed by atoms with E-state index < -0.39 is 69.6 Å². The maximum absolute atomic E-state index is 14.0. The Hall–Kier alpha value is -4.35. The molecule has 0 unspecified atom stereocenters. The maximum Gasteiger partial charge on any atom is 0.255 e. The highest BCUT2D eigenvalue weighted by Crippen LogP contribution is 2.53. The van der Waals surface area contributed by atoms with Crippen molar-refractivity contribution >= 4 is 23.8 Å². The van der Waals surface area contributed by atoms with Crippen molar-refractivity contribution in [3.05, 3.63) is 75.5 Å². The number of aldehydes is 1. The standard InChI is InChI=1S/C28H25FN2O8/c1-31(2)22-16-9-12-8-15-14(11-3-5-17(29)13(7-11)10-32)4-6-18(33)20(15)23(34)19(12)25(36)28(16,39)26(37)21(24(22)35)27(30)38/h3-7,10,12,16,22,33,35-36,39H,8-9H2,1-2H3,(H2,30,38)/t12-,16-,22-,28+/m0/s1. The smallest absolute Gasteiger partial charge is 0.255 e. The fraction of sp³-hybridized carbons (Fsp3) is 0.286. The summed E-state index contributed by atoms with van der Waals surface area (Å²) < 4.78 is 14.0. The van der Waals surface area contributed by atoms with E-state index in [1.807, 2.05) is 0 Å². The first-order valence-corrected chi connectivity index (χ1v) is 12.1. The lowest BCUT2D eigenvalue weighted by atomic mass is 9.58. The monoisotopic (exact) mass is 536 g/mol. The summed E-state index contributed by atoms with van der Waals surface area (Å²) in [5.74, 6) is -8.12. The van der Waals surface area contributed by atoms with Gasteiger partial charge in [0.05, 0.1) is 17.2 Å². The number of phenolic OH excluding ortho intramolecular Hbond substituents is 1. The molecule has 2 aromatic rings. The van der Waals surface area contributed by atoms with Crippen LogP contribution in [0.2, 0.25) is 0 Å². The molecular formula is C28H25FN2O8. The number of amides is 1. The Morgan fingerprint density at radius 3 is 2.46 bits per heavy atom. The summed E-state index contributed by atoms with van der Waals surface area (Å²) in [5, 5.41) is 44.5. The molecule has 0 saturated carbocycles. The van der Waals surface area contributed by atoms with Gasteiger partial charge in [0.2, 0.25) is 5.78 Å². The van der Waals surface area contributed by atoms with Crippen LogP contribution in [-0.2, 0) is 16.0 Å². The minimum atomic E-state index is -2.73. The summed E-state index contributed by atoms with van der Waals surface area (Å²) in [7, 11) is 3.09. The molecule has 1 amide bonds. The van der Waals surface area contributed by atoms with E-state index in [2.05, 4.69) is 0 Å². The lowest BCUT2D eigenvalue weighted by Crippen LogP contribution is -2.63. The van der Waals surface area contributed by atoms with E-state index >= 15 is 0 Å². The van der Waals surface area contributed by atoms with Gasteiger partial charge in [0.15, 0.2) is 17.7 Å². The number of aliphatic hydroxyl groups is 3. The maximum atomic E-state index is 14.0. The lowest BCUT2D eigenvalue weighted by molar-refractivity contribution is -0.148. The highest BCUT2D eigenvalue weighted by molar-refractivity contribution is 6.24. The average Bonchev–Trinajstić information content (AvgIpc) is 2.86. The van der Waals surface area contributed by atoms with Crippen molar-refractivity contribution in [3.63, 3.8) is 0 Å².